The summed E-state index contributed by atoms with van der Waals surface area (Å²) in [5.41, 5.74) is 0.0587. The highest BCUT2D eigenvalue weighted by Gasteiger charge is 2.42. The van der Waals surface area contributed by atoms with Gasteiger partial charge in [0, 0.05) is 10.0 Å². The summed E-state index contributed by atoms with van der Waals surface area (Å²) in [6.45, 7) is 0. The Balaban J connectivity index is 2.52. The molecule has 0 aromatic heterocycles. The highest BCUT2D eigenvalue weighted by atomic mass is 35.5. The third kappa shape index (κ3) is 4.87. The van der Waals surface area contributed by atoms with Crippen molar-refractivity contribution < 1.29 is 26.4 Å². The van der Waals surface area contributed by atoms with Crippen molar-refractivity contribution in [3.63, 3.8) is 0 Å². The van der Waals surface area contributed by atoms with Gasteiger partial charge in [-0.25, -0.2) is 12.7 Å². The number of hydrogen-bond acceptors (Lipinski definition) is 3. The van der Waals surface area contributed by atoms with Gasteiger partial charge in [-0.05, 0) is 48.5 Å². The largest absolute Gasteiger partial charge is 0.451 e. The second kappa shape index (κ2) is 7.23. The van der Waals surface area contributed by atoms with Crippen LogP contribution in [0.4, 0.5) is 24.5 Å². The van der Waals surface area contributed by atoms with Gasteiger partial charge in [-0.1, -0.05) is 23.2 Å². The van der Waals surface area contributed by atoms with Crippen LogP contribution in [0.15, 0.2) is 48.5 Å². The zero-order chi connectivity index (χ0) is 18.8. The molecule has 0 bridgehead atoms. The van der Waals surface area contributed by atoms with E-state index in [0.29, 0.717) is 14.4 Å². The van der Waals surface area contributed by atoms with Crippen LogP contribution in [-0.2, 0) is 14.8 Å². The molecule has 2 aromatic rings. The molecule has 134 valence electrons. The lowest BCUT2D eigenvalue weighted by atomic mass is 10.2. The second-order valence-corrected chi connectivity index (χ2v) is 7.58. The molecule has 0 radical (unpaired) electrons. The molecule has 2 rings (SSSR count). The fourth-order valence-corrected chi connectivity index (χ4v) is 3.70. The molecule has 0 amide bonds. The van der Waals surface area contributed by atoms with E-state index in [9.17, 15) is 26.4 Å². The van der Waals surface area contributed by atoms with Crippen molar-refractivity contribution in [2.24, 2.45) is 0 Å². The molecule has 0 spiro atoms. The first kappa shape index (κ1) is 19.6. The molecule has 0 aliphatic heterocycles. The fourth-order valence-electron chi connectivity index (χ4n) is 1.94. The minimum absolute atomic E-state index is 0.0293. The Labute approximate surface area is 151 Å². The van der Waals surface area contributed by atoms with Gasteiger partial charge in [0.2, 0.25) is 10.0 Å². The van der Waals surface area contributed by atoms with Crippen LogP contribution >= 0.6 is 23.2 Å². The average Bonchev–Trinajstić information content (AvgIpc) is 2.50. The van der Waals surface area contributed by atoms with E-state index in [0.717, 1.165) is 0 Å². The van der Waals surface area contributed by atoms with Crippen molar-refractivity contribution in [1.29, 1.82) is 0 Å². The second-order valence-electron chi connectivity index (χ2n) is 4.89. The van der Waals surface area contributed by atoms with Gasteiger partial charge >= 0.3 is 6.18 Å². The highest BCUT2D eigenvalue weighted by molar-refractivity contribution is 7.93. The van der Waals surface area contributed by atoms with Gasteiger partial charge in [-0.2, -0.15) is 13.2 Å². The van der Waals surface area contributed by atoms with E-state index >= 15 is 0 Å². The normalized spacial score (nSPS) is 12.0. The first-order valence-electron chi connectivity index (χ1n) is 6.65. The summed E-state index contributed by atoms with van der Waals surface area (Å²) in [7, 11) is -4.66. The molecule has 0 saturated carbocycles. The number of Topliss-reactive ketones (excluding diaryl/α,β-unsaturated/α-hetero) is 1. The van der Waals surface area contributed by atoms with Crippen LogP contribution in [0.5, 0.6) is 0 Å². The van der Waals surface area contributed by atoms with Gasteiger partial charge in [0.25, 0.3) is 5.78 Å². The number of carbonyl (C=O) groups is 1. The van der Waals surface area contributed by atoms with Crippen LogP contribution in [-0.4, -0.2) is 26.1 Å². The maximum Gasteiger partial charge on any atom is 0.451 e. The van der Waals surface area contributed by atoms with Gasteiger partial charge in [-0.3, -0.25) is 4.79 Å². The smallest absolute Gasteiger partial charge is 0.288 e. The van der Waals surface area contributed by atoms with Gasteiger partial charge in [0.15, 0.2) is 0 Å². The van der Waals surface area contributed by atoms with Crippen molar-refractivity contribution in [1.82, 2.24) is 0 Å². The number of halogens is 5. The number of sulfonamides is 1. The number of hydrogen-bond donors (Lipinski definition) is 0. The molecule has 0 saturated heterocycles. The molecule has 0 atom stereocenters. The zero-order valence-corrected chi connectivity index (χ0v) is 14.6. The minimum atomic E-state index is -5.25. The van der Waals surface area contributed by atoms with E-state index in [1.807, 2.05) is 0 Å². The highest BCUT2D eigenvalue weighted by Crippen LogP contribution is 2.32. The molecule has 0 unspecified atom stereocenters. The predicted molar refractivity (Wildman–Crippen MR) is 89.9 cm³/mol. The van der Waals surface area contributed by atoms with Crippen molar-refractivity contribution in [2.75, 3.05) is 10.1 Å². The Morgan fingerprint density at radius 2 is 1.24 bits per heavy atom. The van der Waals surface area contributed by atoms with Crippen LogP contribution in [0.2, 0.25) is 10.0 Å². The molecular weight excluding hydrogens is 402 g/mol. The molecular formula is C15H10Cl2F3NO3S. The summed E-state index contributed by atoms with van der Waals surface area (Å²) in [4.78, 5) is 11.2. The Kier molecular flexibility index (Phi) is 5.65. The molecule has 0 aliphatic carbocycles. The lowest BCUT2D eigenvalue weighted by Crippen LogP contribution is -2.37. The lowest BCUT2D eigenvalue weighted by molar-refractivity contribution is -0.168. The van der Waals surface area contributed by atoms with Crippen LogP contribution in [0.1, 0.15) is 0 Å². The quantitative estimate of drug-likeness (QED) is 0.722. The maximum absolute atomic E-state index is 12.5. The summed E-state index contributed by atoms with van der Waals surface area (Å²) in [6, 6.07) is 10.8. The Hall–Kier alpha value is -1.77. The van der Waals surface area contributed by atoms with Crippen molar-refractivity contribution in [2.45, 2.75) is 6.18 Å². The van der Waals surface area contributed by atoms with Crippen LogP contribution in [0, 0.1) is 0 Å². The van der Waals surface area contributed by atoms with Crippen molar-refractivity contribution >= 4 is 50.4 Å². The molecule has 0 aliphatic rings. The number of ketones is 1. The van der Waals surface area contributed by atoms with E-state index in [-0.39, 0.29) is 11.4 Å². The molecule has 2 aromatic carbocycles. The van der Waals surface area contributed by atoms with Crippen LogP contribution in [0.25, 0.3) is 0 Å². The molecule has 25 heavy (non-hydrogen) atoms. The van der Waals surface area contributed by atoms with Crippen LogP contribution < -0.4 is 4.31 Å². The maximum atomic E-state index is 12.5. The van der Waals surface area contributed by atoms with E-state index in [2.05, 4.69) is 0 Å². The number of nitrogens with zero attached hydrogens (tertiary/aromatic N) is 1. The Bertz CT molecular complexity index is 821. The predicted octanol–water partition coefficient (Wildman–Crippen LogP) is 4.59. The first-order valence-corrected chi connectivity index (χ1v) is 9.01. The first-order chi connectivity index (χ1) is 11.5. The molecule has 0 fully saturated rings. The minimum Gasteiger partial charge on any atom is -0.288 e. The Morgan fingerprint density at radius 1 is 0.880 bits per heavy atom. The summed E-state index contributed by atoms with van der Waals surface area (Å²) >= 11 is 11.5. The number of benzene rings is 2. The number of carbonyl (C=O) groups excluding carboxylic acids is 1. The molecule has 10 heteroatoms. The van der Waals surface area contributed by atoms with Gasteiger partial charge in [0.05, 0.1) is 11.4 Å². The number of alkyl halides is 3. The summed E-state index contributed by atoms with van der Waals surface area (Å²) in [5, 5.41) is 0.618. The fraction of sp³-hybridized carbons (Fsp3) is 0.133. The van der Waals surface area contributed by atoms with Crippen molar-refractivity contribution in [3.05, 3.63) is 58.6 Å². The average molecular weight is 412 g/mol. The number of anilines is 2. The van der Waals surface area contributed by atoms with E-state index in [1.165, 1.54) is 48.5 Å². The molecule has 0 heterocycles. The van der Waals surface area contributed by atoms with Gasteiger partial charge < -0.3 is 0 Å². The van der Waals surface area contributed by atoms with Crippen molar-refractivity contribution in [3.8, 4) is 0 Å². The summed E-state index contributed by atoms with van der Waals surface area (Å²) < 4.78 is 63.1. The number of rotatable bonds is 5. The SMILES string of the molecule is O=C(CS(=O)(=O)N(c1ccc(Cl)cc1)c1ccc(Cl)cc1)C(F)(F)F. The van der Waals surface area contributed by atoms with Gasteiger partial charge in [-0.15, -0.1) is 0 Å². The Morgan fingerprint density at radius 3 is 1.56 bits per heavy atom. The third-order valence-corrected chi connectivity index (χ3v) is 5.14. The monoisotopic (exact) mass is 411 g/mol. The molecule has 0 N–H and O–H groups in total. The summed E-state index contributed by atoms with van der Waals surface area (Å²) in [5.74, 6) is -4.08. The standard InChI is InChI=1S/C15H10Cl2F3NO3S/c16-10-1-5-12(6-2-10)21(13-7-3-11(17)4-8-13)25(23,24)9-14(22)15(18,19)20/h1-8H,9H2. The molecule has 4 nitrogen and oxygen atoms in total. The topological polar surface area (TPSA) is 54.5 Å². The lowest BCUT2D eigenvalue weighted by Gasteiger charge is -2.24. The van der Waals surface area contributed by atoms with E-state index in [1.54, 1.807) is 0 Å². The van der Waals surface area contributed by atoms with E-state index in [4.69, 9.17) is 23.2 Å². The van der Waals surface area contributed by atoms with E-state index < -0.39 is 27.7 Å². The van der Waals surface area contributed by atoms with Crippen LogP contribution in [0.3, 0.4) is 0 Å². The summed E-state index contributed by atoms with van der Waals surface area (Å²) in [6.07, 6.45) is -5.25. The van der Waals surface area contributed by atoms with Gasteiger partial charge in [0.1, 0.15) is 5.75 Å². The third-order valence-electron chi connectivity index (χ3n) is 3.03. The zero-order valence-electron chi connectivity index (χ0n) is 12.3.